The van der Waals surface area contributed by atoms with Crippen molar-refractivity contribution in [2.45, 2.75) is 19.4 Å². The normalized spacial score (nSPS) is 25.8. The summed E-state index contributed by atoms with van der Waals surface area (Å²) in [5.41, 5.74) is 0. The van der Waals surface area contributed by atoms with Gasteiger partial charge in [-0.05, 0) is 23.9 Å². The van der Waals surface area contributed by atoms with E-state index in [0.717, 1.165) is 11.3 Å². The lowest BCUT2D eigenvalue weighted by atomic mass is 9.97. The molecule has 0 saturated carbocycles. The average molecular weight is 262 g/mol. The second-order valence-electron chi connectivity index (χ2n) is 3.94. The SMILES string of the molecule is CC1CN(C(=O)c2nnc(Cl)s2)CCC1O. The number of hydrogen-bond donors (Lipinski definition) is 1. The van der Waals surface area contributed by atoms with E-state index < -0.39 is 0 Å². The van der Waals surface area contributed by atoms with E-state index in [-0.39, 0.29) is 22.4 Å². The highest BCUT2D eigenvalue weighted by Crippen LogP contribution is 2.21. The van der Waals surface area contributed by atoms with Crippen molar-refractivity contribution in [2.24, 2.45) is 5.92 Å². The number of carbonyl (C=O) groups is 1. The summed E-state index contributed by atoms with van der Waals surface area (Å²) in [6.07, 6.45) is 0.293. The molecule has 1 fully saturated rings. The highest BCUT2D eigenvalue weighted by atomic mass is 35.5. The van der Waals surface area contributed by atoms with Gasteiger partial charge in [0.1, 0.15) is 0 Å². The Bertz CT molecular complexity index is 398. The topological polar surface area (TPSA) is 66.3 Å². The van der Waals surface area contributed by atoms with Gasteiger partial charge in [0.2, 0.25) is 9.47 Å². The van der Waals surface area contributed by atoms with Gasteiger partial charge >= 0.3 is 0 Å². The van der Waals surface area contributed by atoms with Crippen LogP contribution in [0.1, 0.15) is 23.1 Å². The Balaban J connectivity index is 2.06. The predicted octanol–water partition coefficient (Wildman–Crippen LogP) is 1.03. The Hall–Kier alpha value is -0.720. The predicted molar refractivity (Wildman–Crippen MR) is 60.6 cm³/mol. The molecule has 1 aromatic heterocycles. The number of halogens is 1. The maximum atomic E-state index is 12.0. The summed E-state index contributed by atoms with van der Waals surface area (Å²) in [7, 11) is 0. The van der Waals surface area contributed by atoms with Crippen molar-refractivity contribution in [3.8, 4) is 0 Å². The number of aliphatic hydroxyl groups excluding tert-OH is 1. The molecule has 1 N–H and O–H groups in total. The first-order valence-corrected chi connectivity index (χ1v) is 6.23. The first kappa shape index (κ1) is 11.8. The third kappa shape index (κ3) is 2.34. The summed E-state index contributed by atoms with van der Waals surface area (Å²) in [5.74, 6) is -0.0516. The molecule has 5 nitrogen and oxygen atoms in total. The summed E-state index contributed by atoms with van der Waals surface area (Å²) in [5, 5.41) is 17.2. The minimum atomic E-state index is -0.318. The van der Waals surface area contributed by atoms with Crippen LogP contribution in [-0.4, -0.2) is 45.3 Å². The smallest absolute Gasteiger partial charge is 0.284 e. The molecular formula is C9H12ClN3O2S. The van der Waals surface area contributed by atoms with Crippen molar-refractivity contribution in [1.82, 2.24) is 15.1 Å². The summed E-state index contributed by atoms with van der Waals surface area (Å²) in [6, 6.07) is 0. The average Bonchev–Trinajstić information content (AvgIpc) is 2.68. The summed E-state index contributed by atoms with van der Waals surface area (Å²) < 4.78 is 0.272. The molecule has 7 heteroatoms. The van der Waals surface area contributed by atoms with Gasteiger partial charge in [0.15, 0.2) is 0 Å². The van der Waals surface area contributed by atoms with E-state index in [2.05, 4.69) is 10.2 Å². The molecule has 1 aromatic rings. The van der Waals surface area contributed by atoms with Crippen LogP contribution in [0.3, 0.4) is 0 Å². The lowest BCUT2D eigenvalue weighted by Gasteiger charge is -2.33. The quantitative estimate of drug-likeness (QED) is 0.820. The largest absolute Gasteiger partial charge is 0.393 e. The van der Waals surface area contributed by atoms with E-state index in [1.54, 1.807) is 4.90 Å². The van der Waals surface area contributed by atoms with E-state index in [1.807, 2.05) is 6.92 Å². The molecule has 1 saturated heterocycles. The van der Waals surface area contributed by atoms with Crippen LogP contribution in [0.15, 0.2) is 0 Å². The van der Waals surface area contributed by atoms with E-state index >= 15 is 0 Å². The zero-order chi connectivity index (χ0) is 11.7. The van der Waals surface area contributed by atoms with Crippen LogP contribution in [-0.2, 0) is 0 Å². The van der Waals surface area contributed by atoms with Gasteiger partial charge in [0, 0.05) is 13.1 Å². The van der Waals surface area contributed by atoms with Gasteiger partial charge in [-0.3, -0.25) is 4.79 Å². The van der Waals surface area contributed by atoms with Gasteiger partial charge in [-0.1, -0.05) is 18.3 Å². The lowest BCUT2D eigenvalue weighted by Crippen LogP contribution is -2.44. The van der Waals surface area contributed by atoms with Gasteiger partial charge in [-0.2, -0.15) is 0 Å². The molecule has 1 aliphatic heterocycles. The van der Waals surface area contributed by atoms with E-state index in [9.17, 15) is 9.90 Å². The minimum Gasteiger partial charge on any atom is -0.393 e. The van der Waals surface area contributed by atoms with Crippen LogP contribution in [0.5, 0.6) is 0 Å². The fourth-order valence-corrected chi connectivity index (χ4v) is 2.54. The fraction of sp³-hybridized carbons (Fsp3) is 0.667. The first-order valence-electron chi connectivity index (χ1n) is 5.04. The third-order valence-electron chi connectivity index (χ3n) is 2.73. The van der Waals surface area contributed by atoms with Crippen molar-refractivity contribution in [2.75, 3.05) is 13.1 Å². The molecule has 0 bridgehead atoms. The maximum Gasteiger partial charge on any atom is 0.284 e. The number of hydrogen-bond acceptors (Lipinski definition) is 5. The Kier molecular flexibility index (Phi) is 3.41. The third-order valence-corrected chi connectivity index (χ3v) is 3.74. The molecular weight excluding hydrogens is 250 g/mol. The van der Waals surface area contributed by atoms with Crippen LogP contribution in [0, 0.1) is 5.92 Å². The van der Waals surface area contributed by atoms with Crippen molar-refractivity contribution < 1.29 is 9.90 Å². The highest BCUT2D eigenvalue weighted by Gasteiger charge is 2.29. The van der Waals surface area contributed by atoms with E-state index in [1.165, 1.54) is 0 Å². The zero-order valence-corrected chi connectivity index (χ0v) is 10.3. The molecule has 2 rings (SSSR count). The van der Waals surface area contributed by atoms with Gasteiger partial charge in [-0.15, -0.1) is 10.2 Å². The van der Waals surface area contributed by atoms with Gasteiger partial charge in [0.05, 0.1) is 6.10 Å². The summed E-state index contributed by atoms with van der Waals surface area (Å²) in [4.78, 5) is 13.6. The number of likely N-dealkylation sites (tertiary alicyclic amines) is 1. The summed E-state index contributed by atoms with van der Waals surface area (Å²) >= 11 is 6.71. The lowest BCUT2D eigenvalue weighted by molar-refractivity contribution is 0.0297. The molecule has 2 heterocycles. The number of rotatable bonds is 1. The van der Waals surface area contributed by atoms with Crippen LogP contribution >= 0.6 is 22.9 Å². The Morgan fingerprint density at radius 1 is 1.62 bits per heavy atom. The molecule has 0 aromatic carbocycles. The second kappa shape index (κ2) is 4.65. The van der Waals surface area contributed by atoms with E-state index in [0.29, 0.717) is 24.5 Å². The summed E-state index contributed by atoms with van der Waals surface area (Å²) in [6.45, 7) is 3.04. The Morgan fingerprint density at radius 2 is 2.38 bits per heavy atom. The number of carbonyl (C=O) groups excluding carboxylic acids is 1. The van der Waals surface area contributed by atoms with Gasteiger partial charge in [0.25, 0.3) is 5.91 Å². The van der Waals surface area contributed by atoms with Crippen LogP contribution in [0.25, 0.3) is 0 Å². The number of nitrogens with zero attached hydrogens (tertiary/aromatic N) is 3. The first-order chi connectivity index (χ1) is 7.58. The molecule has 88 valence electrons. The molecule has 0 radical (unpaired) electrons. The molecule has 1 aliphatic rings. The molecule has 0 aliphatic carbocycles. The Labute approximate surface area is 102 Å². The maximum absolute atomic E-state index is 12.0. The van der Waals surface area contributed by atoms with Crippen molar-refractivity contribution >= 4 is 28.8 Å². The minimum absolute atomic E-state index is 0.0982. The number of aliphatic hydroxyl groups is 1. The highest BCUT2D eigenvalue weighted by molar-refractivity contribution is 7.17. The molecule has 1 amide bonds. The molecule has 0 spiro atoms. The number of piperidine rings is 1. The van der Waals surface area contributed by atoms with Gasteiger partial charge in [-0.25, -0.2) is 0 Å². The van der Waals surface area contributed by atoms with Crippen LogP contribution in [0.2, 0.25) is 4.47 Å². The number of amides is 1. The Morgan fingerprint density at radius 3 is 2.94 bits per heavy atom. The molecule has 2 unspecified atom stereocenters. The molecule has 2 atom stereocenters. The zero-order valence-electron chi connectivity index (χ0n) is 8.76. The van der Waals surface area contributed by atoms with Crippen LogP contribution < -0.4 is 0 Å². The molecule has 16 heavy (non-hydrogen) atoms. The standard InChI is InChI=1S/C9H12ClN3O2S/c1-5-4-13(3-2-6(5)14)8(15)7-11-12-9(10)16-7/h5-6,14H,2-4H2,1H3. The van der Waals surface area contributed by atoms with Crippen molar-refractivity contribution in [3.05, 3.63) is 9.47 Å². The fourth-order valence-electron chi connectivity index (χ4n) is 1.74. The monoisotopic (exact) mass is 261 g/mol. The second-order valence-corrected chi connectivity index (χ2v) is 5.50. The van der Waals surface area contributed by atoms with Gasteiger partial charge < -0.3 is 10.0 Å². The number of aromatic nitrogens is 2. The van der Waals surface area contributed by atoms with Crippen molar-refractivity contribution in [1.29, 1.82) is 0 Å². The van der Waals surface area contributed by atoms with E-state index in [4.69, 9.17) is 11.6 Å². The van der Waals surface area contributed by atoms with Crippen LogP contribution in [0.4, 0.5) is 0 Å². The van der Waals surface area contributed by atoms with Crippen molar-refractivity contribution in [3.63, 3.8) is 0 Å².